The van der Waals surface area contributed by atoms with E-state index in [1.165, 1.54) is 0 Å². The lowest BCUT2D eigenvalue weighted by Gasteiger charge is -2.20. The third-order valence-electron chi connectivity index (χ3n) is 2.78. The standard InChI is InChI=1S/C13H18N2O2/c1-7(2)11(13(15)17)9-5-4-8(3)6-10(9)12(14)16/h4-7,11H,1-3H3,(H2,14,16)(H2,15,17)/t11-/m0/s1. The highest BCUT2D eigenvalue weighted by Gasteiger charge is 2.25. The fraction of sp³-hybridized carbons (Fsp3) is 0.385. The molecule has 0 saturated heterocycles. The minimum Gasteiger partial charge on any atom is -0.369 e. The number of rotatable bonds is 4. The molecule has 0 unspecified atom stereocenters. The summed E-state index contributed by atoms with van der Waals surface area (Å²) in [5, 5.41) is 0. The summed E-state index contributed by atoms with van der Waals surface area (Å²) in [6.45, 7) is 5.64. The highest BCUT2D eigenvalue weighted by atomic mass is 16.1. The van der Waals surface area contributed by atoms with Gasteiger partial charge in [-0.2, -0.15) is 0 Å². The smallest absolute Gasteiger partial charge is 0.249 e. The molecule has 1 aromatic carbocycles. The van der Waals surface area contributed by atoms with Crippen molar-refractivity contribution in [3.63, 3.8) is 0 Å². The lowest BCUT2D eigenvalue weighted by Crippen LogP contribution is -2.28. The predicted octanol–water partition coefficient (Wildman–Crippen LogP) is 1.32. The molecule has 17 heavy (non-hydrogen) atoms. The number of hydrogen-bond donors (Lipinski definition) is 2. The number of nitrogens with two attached hydrogens (primary N) is 2. The lowest BCUT2D eigenvalue weighted by atomic mass is 9.84. The summed E-state index contributed by atoms with van der Waals surface area (Å²) in [4.78, 5) is 22.9. The third kappa shape index (κ3) is 2.84. The summed E-state index contributed by atoms with van der Waals surface area (Å²) in [6.07, 6.45) is 0. The number of aryl methyl sites for hydroxylation is 1. The first-order chi connectivity index (χ1) is 7.84. The maximum atomic E-state index is 11.5. The highest BCUT2D eigenvalue weighted by molar-refractivity contribution is 5.97. The molecule has 0 aliphatic carbocycles. The monoisotopic (exact) mass is 234 g/mol. The maximum absolute atomic E-state index is 11.5. The van der Waals surface area contributed by atoms with Crippen LogP contribution >= 0.6 is 0 Å². The molecule has 1 rings (SSSR count). The van der Waals surface area contributed by atoms with E-state index < -0.39 is 17.7 Å². The second kappa shape index (κ2) is 4.99. The minimum atomic E-state index is -0.532. The molecular formula is C13H18N2O2. The van der Waals surface area contributed by atoms with Gasteiger partial charge in [-0.1, -0.05) is 31.5 Å². The number of carbonyl (C=O) groups excluding carboxylic acids is 2. The van der Waals surface area contributed by atoms with Gasteiger partial charge in [0.05, 0.1) is 5.92 Å². The van der Waals surface area contributed by atoms with Gasteiger partial charge in [-0.15, -0.1) is 0 Å². The molecule has 0 aromatic heterocycles. The predicted molar refractivity (Wildman–Crippen MR) is 66.5 cm³/mol. The van der Waals surface area contributed by atoms with Crippen LogP contribution in [0.3, 0.4) is 0 Å². The summed E-state index contributed by atoms with van der Waals surface area (Å²) in [5.74, 6) is -1.44. The van der Waals surface area contributed by atoms with E-state index in [0.717, 1.165) is 5.56 Å². The molecule has 0 fully saturated rings. The quantitative estimate of drug-likeness (QED) is 0.823. The van der Waals surface area contributed by atoms with Gasteiger partial charge in [0.2, 0.25) is 11.8 Å². The van der Waals surface area contributed by atoms with Crippen LogP contribution in [0.2, 0.25) is 0 Å². The van der Waals surface area contributed by atoms with Crippen molar-refractivity contribution in [3.8, 4) is 0 Å². The Kier molecular flexibility index (Phi) is 3.89. The summed E-state index contributed by atoms with van der Waals surface area (Å²) < 4.78 is 0. The Balaban J connectivity index is 3.37. The summed E-state index contributed by atoms with van der Waals surface area (Å²) in [6, 6.07) is 5.29. The van der Waals surface area contributed by atoms with Crippen LogP contribution in [0.4, 0.5) is 0 Å². The van der Waals surface area contributed by atoms with Gasteiger partial charge in [0.25, 0.3) is 0 Å². The van der Waals surface area contributed by atoms with Gasteiger partial charge in [0, 0.05) is 5.56 Å². The summed E-state index contributed by atoms with van der Waals surface area (Å²) in [7, 11) is 0. The largest absolute Gasteiger partial charge is 0.369 e. The Morgan fingerprint density at radius 2 is 1.76 bits per heavy atom. The van der Waals surface area contributed by atoms with Crippen molar-refractivity contribution in [1.29, 1.82) is 0 Å². The molecule has 0 aliphatic heterocycles. The van der Waals surface area contributed by atoms with Crippen LogP contribution in [0.1, 0.15) is 41.3 Å². The first-order valence-corrected chi connectivity index (χ1v) is 5.54. The van der Waals surface area contributed by atoms with Crippen molar-refractivity contribution in [2.24, 2.45) is 17.4 Å². The van der Waals surface area contributed by atoms with Gasteiger partial charge in [-0.05, 0) is 24.5 Å². The topological polar surface area (TPSA) is 86.2 Å². The molecule has 1 aromatic rings. The number of hydrogen-bond acceptors (Lipinski definition) is 2. The Morgan fingerprint density at radius 1 is 1.18 bits per heavy atom. The van der Waals surface area contributed by atoms with E-state index in [0.29, 0.717) is 11.1 Å². The highest BCUT2D eigenvalue weighted by Crippen LogP contribution is 2.27. The molecule has 0 bridgehead atoms. The maximum Gasteiger partial charge on any atom is 0.249 e. The van der Waals surface area contributed by atoms with Crippen LogP contribution < -0.4 is 11.5 Å². The average Bonchev–Trinajstić information content (AvgIpc) is 2.19. The molecule has 1 atom stereocenters. The van der Waals surface area contributed by atoms with Crippen LogP contribution in [-0.2, 0) is 4.79 Å². The van der Waals surface area contributed by atoms with Gasteiger partial charge >= 0.3 is 0 Å². The Hall–Kier alpha value is -1.84. The van der Waals surface area contributed by atoms with E-state index in [1.807, 2.05) is 26.8 Å². The fourth-order valence-corrected chi connectivity index (χ4v) is 2.00. The first kappa shape index (κ1) is 13.2. The number of carbonyl (C=O) groups is 2. The second-order valence-corrected chi connectivity index (χ2v) is 4.58. The van der Waals surface area contributed by atoms with Gasteiger partial charge in [-0.3, -0.25) is 9.59 Å². The zero-order chi connectivity index (χ0) is 13.2. The zero-order valence-corrected chi connectivity index (χ0v) is 10.4. The van der Waals surface area contributed by atoms with Crippen LogP contribution in [0, 0.1) is 12.8 Å². The fourth-order valence-electron chi connectivity index (χ4n) is 2.00. The van der Waals surface area contributed by atoms with Crippen molar-refractivity contribution in [2.75, 3.05) is 0 Å². The SMILES string of the molecule is Cc1ccc([C@@H](C(N)=O)C(C)C)c(C(N)=O)c1. The number of amides is 2. The molecule has 4 N–H and O–H groups in total. The molecule has 4 nitrogen and oxygen atoms in total. The van der Waals surface area contributed by atoms with E-state index in [4.69, 9.17) is 11.5 Å². The van der Waals surface area contributed by atoms with Gasteiger partial charge in [0.1, 0.15) is 0 Å². The Labute approximate surface area is 101 Å². The molecule has 0 saturated carbocycles. The second-order valence-electron chi connectivity index (χ2n) is 4.58. The van der Waals surface area contributed by atoms with Crippen molar-refractivity contribution in [2.45, 2.75) is 26.7 Å². The van der Waals surface area contributed by atoms with Crippen molar-refractivity contribution < 1.29 is 9.59 Å². The van der Waals surface area contributed by atoms with E-state index in [2.05, 4.69) is 0 Å². The van der Waals surface area contributed by atoms with Crippen molar-refractivity contribution >= 4 is 11.8 Å². The van der Waals surface area contributed by atoms with Crippen LogP contribution in [0.15, 0.2) is 18.2 Å². The molecular weight excluding hydrogens is 216 g/mol. The molecule has 0 heterocycles. The van der Waals surface area contributed by atoms with Crippen molar-refractivity contribution in [1.82, 2.24) is 0 Å². The molecule has 0 radical (unpaired) electrons. The number of primary amides is 2. The number of benzene rings is 1. The first-order valence-electron chi connectivity index (χ1n) is 5.54. The summed E-state index contributed by atoms with van der Waals surface area (Å²) in [5.41, 5.74) is 12.6. The van der Waals surface area contributed by atoms with E-state index in [-0.39, 0.29) is 5.92 Å². The molecule has 0 spiro atoms. The lowest BCUT2D eigenvalue weighted by molar-refractivity contribution is -0.120. The Bertz CT molecular complexity index is 453. The Morgan fingerprint density at radius 3 is 2.18 bits per heavy atom. The molecule has 92 valence electrons. The molecule has 2 amide bonds. The van der Waals surface area contributed by atoms with E-state index in [1.54, 1.807) is 12.1 Å². The average molecular weight is 234 g/mol. The normalized spacial score (nSPS) is 12.5. The molecule has 4 heteroatoms. The molecule has 0 aliphatic rings. The van der Waals surface area contributed by atoms with E-state index in [9.17, 15) is 9.59 Å². The van der Waals surface area contributed by atoms with Gasteiger partial charge in [0.15, 0.2) is 0 Å². The summed E-state index contributed by atoms with van der Waals surface area (Å²) >= 11 is 0. The van der Waals surface area contributed by atoms with Crippen molar-refractivity contribution in [3.05, 3.63) is 34.9 Å². The van der Waals surface area contributed by atoms with Crippen LogP contribution in [0.25, 0.3) is 0 Å². The van der Waals surface area contributed by atoms with Crippen LogP contribution in [0.5, 0.6) is 0 Å². The van der Waals surface area contributed by atoms with Gasteiger partial charge < -0.3 is 11.5 Å². The van der Waals surface area contributed by atoms with Crippen LogP contribution in [-0.4, -0.2) is 11.8 Å². The third-order valence-corrected chi connectivity index (χ3v) is 2.78. The van der Waals surface area contributed by atoms with Gasteiger partial charge in [-0.25, -0.2) is 0 Å². The minimum absolute atomic E-state index is 0.0216. The van der Waals surface area contributed by atoms with E-state index >= 15 is 0 Å². The zero-order valence-electron chi connectivity index (χ0n) is 10.4.